The molecular weight excluding hydrogens is 316 g/mol. The Hall–Kier alpha value is -2.28. The van der Waals surface area contributed by atoms with Crippen molar-refractivity contribution in [2.75, 3.05) is 6.54 Å². The highest BCUT2D eigenvalue weighted by Crippen LogP contribution is 2.25. The van der Waals surface area contributed by atoms with Crippen LogP contribution in [0.1, 0.15) is 31.1 Å². The zero-order chi connectivity index (χ0) is 18.1. The van der Waals surface area contributed by atoms with Crippen LogP contribution in [0.3, 0.4) is 0 Å². The Bertz CT molecular complexity index is 754. The monoisotopic (exact) mass is 337 g/mol. The summed E-state index contributed by atoms with van der Waals surface area (Å²) < 4.78 is 28.5. The minimum absolute atomic E-state index is 0.0396. The first-order valence-corrected chi connectivity index (χ1v) is 7.61. The Labute approximate surface area is 139 Å². The van der Waals surface area contributed by atoms with Crippen molar-refractivity contribution in [1.29, 1.82) is 0 Å². The van der Waals surface area contributed by atoms with Crippen LogP contribution in [0.4, 0.5) is 8.78 Å². The van der Waals surface area contributed by atoms with Gasteiger partial charge in [0, 0.05) is 31.4 Å². The van der Waals surface area contributed by atoms with Gasteiger partial charge >= 0.3 is 0 Å². The second kappa shape index (κ2) is 6.68. The van der Waals surface area contributed by atoms with Crippen molar-refractivity contribution in [2.45, 2.75) is 26.4 Å². The molecule has 0 saturated carbocycles. The molecule has 0 fully saturated rings. The largest absolute Gasteiger partial charge is 0.388 e. The maximum absolute atomic E-state index is 14.0. The van der Waals surface area contributed by atoms with Crippen LogP contribution in [-0.4, -0.2) is 32.9 Å². The number of benzene rings is 1. The van der Waals surface area contributed by atoms with Crippen molar-refractivity contribution >= 4 is 5.91 Å². The molecule has 2 aromatic rings. The third kappa shape index (κ3) is 3.79. The Morgan fingerprint density at radius 3 is 2.67 bits per heavy atom. The van der Waals surface area contributed by atoms with E-state index in [2.05, 4.69) is 10.4 Å². The molecule has 0 aliphatic carbocycles. The van der Waals surface area contributed by atoms with Gasteiger partial charge in [0.2, 0.25) is 0 Å². The molecule has 1 atom stereocenters. The molecule has 1 amide bonds. The summed E-state index contributed by atoms with van der Waals surface area (Å²) in [4.78, 5) is 12.4. The summed E-state index contributed by atoms with van der Waals surface area (Å²) in [5.41, 5.74) is -0.754. The summed E-state index contributed by atoms with van der Waals surface area (Å²) >= 11 is 0. The number of carbonyl (C=O) groups excluding carboxylic acids is 1. The fourth-order valence-electron chi connectivity index (χ4n) is 2.09. The molecule has 0 aliphatic heterocycles. The molecule has 0 radical (unpaired) electrons. The highest BCUT2D eigenvalue weighted by Gasteiger charge is 2.27. The third-order valence-corrected chi connectivity index (χ3v) is 4.11. The van der Waals surface area contributed by atoms with Crippen molar-refractivity contribution in [3.8, 4) is 11.3 Å². The second-order valence-electron chi connectivity index (χ2n) is 6.38. The lowest BCUT2D eigenvalue weighted by Crippen LogP contribution is -2.44. The lowest BCUT2D eigenvalue weighted by atomic mass is 9.92. The number of amides is 1. The van der Waals surface area contributed by atoms with Crippen LogP contribution in [0.2, 0.25) is 0 Å². The van der Waals surface area contributed by atoms with Crippen molar-refractivity contribution < 1.29 is 18.7 Å². The molecule has 2 rings (SSSR count). The fraction of sp³-hybridized carbons (Fsp3) is 0.412. The molecule has 0 saturated heterocycles. The maximum atomic E-state index is 14.0. The van der Waals surface area contributed by atoms with Gasteiger partial charge in [0.1, 0.15) is 17.3 Å². The number of carbonyl (C=O) groups is 1. The Morgan fingerprint density at radius 1 is 1.42 bits per heavy atom. The number of aromatic nitrogens is 2. The minimum atomic E-state index is -1.07. The van der Waals surface area contributed by atoms with Gasteiger partial charge in [-0.15, -0.1) is 0 Å². The molecular formula is C17H21F2N3O2. The highest BCUT2D eigenvalue weighted by molar-refractivity contribution is 5.99. The smallest absolute Gasteiger partial charge is 0.255 e. The van der Waals surface area contributed by atoms with E-state index in [1.807, 2.05) is 13.8 Å². The van der Waals surface area contributed by atoms with Gasteiger partial charge in [-0.3, -0.25) is 9.48 Å². The Morgan fingerprint density at radius 2 is 2.08 bits per heavy atom. The number of nitrogens with zero attached hydrogens (tertiary/aromatic N) is 2. The van der Waals surface area contributed by atoms with E-state index in [4.69, 9.17) is 0 Å². The van der Waals surface area contributed by atoms with Gasteiger partial charge in [0.25, 0.3) is 5.91 Å². The standard InChI is InChI=1S/C17H21F2N3O2/c1-10(2)17(3,24)9-20-16(23)13-8-22(4)21-15(13)12-6-5-11(18)7-14(12)19/h5-8,10,24H,9H2,1-4H3,(H,20,23). The first-order chi connectivity index (χ1) is 11.1. The first kappa shape index (κ1) is 18.1. The van der Waals surface area contributed by atoms with Crippen molar-refractivity contribution in [1.82, 2.24) is 15.1 Å². The molecule has 0 bridgehead atoms. The highest BCUT2D eigenvalue weighted by atomic mass is 19.1. The van der Waals surface area contributed by atoms with Crippen molar-refractivity contribution in [3.63, 3.8) is 0 Å². The van der Waals surface area contributed by atoms with Crippen LogP contribution >= 0.6 is 0 Å². The van der Waals surface area contributed by atoms with E-state index in [-0.39, 0.29) is 29.3 Å². The van der Waals surface area contributed by atoms with Crippen molar-refractivity contribution in [3.05, 3.63) is 41.6 Å². The Kier molecular flexibility index (Phi) is 5.03. The number of halogens is 2. The van der Waals surface area contributed by atoms with E-state index in [1.165, 1.54) is 16.9 Å². The molecule has 1 aromatic carbocycles. The predicted octanol–water partition coefficient (Wildman–Crippen LogP) is 2.50. The number of hydrogen-bond acceptors (Lipinski definition) is 3. The van der Waals surface area contributed by atoms with E-state index in [9.17, 15) is 18.7 Å². The minimum Gasteiger partial charge on any atom is -0.388 e. The molecule has 0 aliphatic rings. The lowest BCUT2D eigenvalue weighted by Gasteiger charge is -2.27. The van der Waals surface area contributed by atoms with Gasteiger partial charge in [0.15, 0.2) is 0 Å². The molecule has 1 aromatic heterocycles. The SMILES string of the molecule is CC(C)C(C)(O)CNC(=O)c1cn(C)nc1-c1ccc(F)cc1F. The van der Waals surface area contributed by atoms with Gasteiger partial charge in [-0.2, -0.15) is 5.10 Å². The van der Waals surface area contributed by atoms with Crippen LogP contribution < -0.4 is 5.32 Å². The van der Waals surface area contributed by atoms with E-state index in [0.29, 0.717) is 0 Å². The molecule has 5 nitrogen and oxygen atoms in total. The average Bonchev–Trinajstić information content (AvgIpc) is 2.86. The van der Waals surface area contributed by atoms with Crippen LogP contribution in [0.25, 0.3) is 11.3 Å². The van der Waals surface area contributed by atoms with Crippen LogP contribution in [0.5, 0.6) is 0 Å². The number of aryl methyl sites for hydroxylation is 1. The molecule has 1 unspecified atom stereocenters. The van der Waals surface area contributed by atoms with Crippen LogP contribution in [-0.2, 0) is 7.05 Å². The summed E-state index contributed by atoms with van der Waals surface area (Å²) in [6, 6.07) is 3.10. The predicted molar refractivity (Wildman–Crippen MR) is 86.4 cm³/mol. The third-order valence-electron chi connectivity index (χ3n) is 4.11. The zero-order valence-corrected chi connectivity index (χ0v) is 14.1. The molecule has 24 heavy (non-hydrogen) atoms. The van der Waals surface area contributed by atoms with E-state index >= 15 is 0 Å². The summed E-state index contributed by atoms with van der Waals surface area (Å²) in [7, 11) is 1.60. The number of hydrogen-bond donors (Lipinski definition) is 2. The molecule has 2 N–H and O–H groups in total. The van der Waals surface area contributed by atoms with Gasteiger partial charge in [-0.05, 0) is 25.0 Å². The summed E-state index contributed by atoms with van der Waals surface area (Å²) in [6.07, 6.45) is 1.46. The molecule has 7 heteroatoms. The van der Waals surface area contributed by atoms with Crippen LogP contribution in [0.15, 0.2) is 24.4 Å². The number of rotatable bonds is 5. The van der Waals surface area contributed by atoms with Gasteiger partial charge in [-0.1, -0.05) is 13.8 Å². The fourth-order valence-corrected chi connectivity index (χ4v) is 2.09. The summed E-state index contributed by atoms with van der Waals surface area (Å²) in [6.45, 7) is 5.36. The average molecular weight is 337 g/mol. The molecule has 130 valence electrons. The summed E-state index contributed by atoms with van der Waals surface area (Å²) in [5, 5.41) is 17.0. The molecule has 1 heterocycles. The normalized spacial score (nSPS) is 13.8. The van der Waals surface area contributed by atoms with Crippen LogP contribution in [0, 0.1) is 17.6 Å². The quantitative estimate of drug-likeness (QED) is 0.881. The second-order valence-corrected chi connectivity index (χ2v) is 6.38. The summed E-state index contributed by atoms with van der Waals surface area (Å²) in [5.74, 6) is -2.04. The van der Waals surface area contributed by atoms with Gasteiger partial charge in [0.05, 0.1) is 11.2 Å². The number of aliphatic hydroxyl groups is 1. The first-order valence-electron chi connectivity index (χ1n) is 7.61. The van der Waals surface area contributed by atoms with Gasteiger partial charge < -0.3 is 10.4 Å². The van der Waals surface area contributed by atoms with E-state index < -0.39 is 23.1 Å². The Balaban J connectivity index is 2.30. The topological polar surface area (TPSA) is 67.2 Å². The van der Waals surface area contributed by atoms with E-state index in [1.54, 1.807) is 14.0 Å². The number of nitrogens with one attached hydrogen (secondary N) is 1. The lowest BCUT2D eigenvalue weighted by molar-refractivity contribution is 0.0142. The van der Waals surface area contributed by atoms with Gasteiger partial charge in [-0.25, -0.2) is 8.78 Å². The van der Waals surface area contributed by atoms with E-state index in [0.717, 1.165) is 12.1 Å². The zero-order valence-electron chi connectivity index (χ0n) is 14.1. The molecule has 0 spiro atoms. The van der Waals surface area contributed by atoms with Crippen molar-refractivity contribution in [2.24, 2.45) is 13.0 Å². The maximum Gasteiger partial charge on any atom is 0.255 e.